The number of allylic oxidation sites excluding steroid dienone is 2. The molecule has 2 amide bonds. The van der Waals surface area contributed by atoms with Crippen molar-refractivity contribution in [3.8, 4) is 0 Å². The lowest BCUT2D eigenvalue weighted by Gasteiger charge is -2.37. The van der Waals surface area contributed by atoms with Gasteiger partial charge in [0.25, 0.3) is 0 Å². The highest BCUT2D eigenvalue weighted by molar-refractivity contribution is 6.30. The molecule has 1 heterocycles. The molecular formula is C17H14ClNO2. The molecule has 0 spiro atoms. The van der Waals surface area contributed by atoms with E-state index in [9.17, 15) is 9.59 Å². The Kier molecular flexibility index (Phi) is 2.15. The molecule has 2 bridgehead atoms. The van der Waals surface area contributed by atoms with Gasteiger partial charge in [-0.25, -0.2) is 0 Å². The zero-order valence-corrected chi connectivity index (χ0v) is 12.0. The number of halogens is 1. The molecule has 0 N–H and O–H groups in total. The minimum atomic E-state index is -0.132. The summed E-state index contributed by atoms with van der Waals surface area (Å²) >= 11 is 5.90. The standard InChI is InChI=1S/C17H14ClNO2/c18-8-1-3-9(4-2-8)19-16(20)14-10-5-6-11(13-7-12(10)13)15(14)17(19)21/h1-6,10-15H,7H2/t10-,11-,12-,13-,14-,15+/m0/s1. The second-order valence-electron chi connectivity index (χ2n) is 6.64. The zero-order chi connectivity index (χ0) is 14.3. The fourth-order valence-corrected chi connectivity index (χ4v) is 4.93. The third-order valence-corrected chi connectivity index (χ3v) is 6.00. The maximum atomic E-state index is 12.8. The van der Waals surface area contributed by atoms with E-state index >= 15 is 0 Å². The minimum absolute atomic E-state index is 0.0166. The molecule has 2 saturated carbocycles. The first kappa shape index (κ1) is 12.0. The summed E-state index contributed by atoms with van der Waals surface area (Å²) in [5.74, 6) is 1.54. The molecule has 4 aliphatic carbocycles. The Bertz CT molecular complexity index is 659. The molecule has 5 aliphatic rings. The van der Waals surface area contributed by atoms with E-state index in [1.165, 1.54) is 11.3 Å². The first-order valence-corrected chi connectivity index (χ1v) is 7.86. The fraction of sp³-hybridized carbons (Fsp3) is 0.412. The summed E-state index contributed by atoms with van der Waals surface area (Å²) in [7, 11) is 0. The van der Waals surface area contributed by atoms with Gasteiger partial charge in [-0.1, -0.05) is 23.8 Å². The van der Waals surface area contributed by atoms with Gasteiger partial charge in [0, 0.05) is 5.02 Å². The molecule has 106 valence electrons. The van der Waals surface area contributed by atoms with Crippen molar-refractivity contribution in [3.05, 3.63) is 41.4 Å². The van der Waals surface area contributed by atoms with Crippen LogP contribution < -0.4 is 4.90 Å². The Balaban J connectivity index is 1.58. The number of amides is 2. The molecule has 3 nitrogen and oxygen atoms in total. The summed E-state index contributed by atoms with van der Waals surface area (Å²) in [6.07, 6.45) is 5.57. The van der Waals surface area contributed by atoms with E-state index < -0.39 is 0 Å². The molecule has 1 saturated heterocycles. The van der Waals surface area contributed by atoms with Gasteiger partial charge < -0.3 is 0 Å². The monoisotopic (exact) mass is 299 g/mol. The first-order valence-electron chi connectivity index (χ1n) is 7.48. The number of benzene rings is 1. The Hall–Kier alpha value is -1.61. The van der Waals surface area contributed by atoms with Crippen LogP contribution >= 0.6 is 11.6 Å². The lowest BCUT2D eigenvalue weighted by molar-refractivity contribution is -0.124. The summed E-state index contributed by atoms with van der Waals surface area (Å²) < 4.78 is 0. The number of rotatable bonds is 1. The molecule has 0 unspecified atom stereocenters. The largest absolute Gasteiger partial charge is 0.274 e. The molecule has 6 atom stereocenters. The Morgan fingerprint density at radius 1 is 0.905 bits per heavy atom. The molecular weight excluding hydrogens is 286 g/mol. The van der Waals surface area contributed by atoms with Crippen molar-refractivity contribution < 1.29 is 9.59 Å². The van der Waals surface area contributed by atoms with Gasteiger partial charge in [0.1, 0.15) is 0 Å². The van der Waals surface area contributed by atoms with E-state index in [-0.39, 0.29) is 35.5 Å². The summed E-state index contributed by atoms with van der Waals surface area (Å²) in [6, 6.07) is 6.96. The van der Waals surface area contributed by atoms with Crippen molar-refractivity contribution in [2.75, 3.05) is 4.90 Å². The van der Waals surface area contributed by atoms with Crippen molar-refractivity contribution >= 4 is 29.1 Å². The summed E-state index contributed by atoms with van der Waals surface area (Å²) in [4.78, 5) is 27.0. The fourth-order valence-electron chi connectivity index (χ4n) is 4.80. The molecule has 6 rings (SSSR count). The predicted octanol–water partition coefficient (Wildman–Crippen LogP) is 2.90. The highest BCUT2D eigenvalue weighted by atomic mass is 35.5. The van der Waals surface area contributed by atoms with Crippen molar-refractivity contribution in [2.45, 2.75) is 6.42 Å². The van der Waals surface area contributed by atoms with Gasteiger partial charge in [-0.15, -0.1) is 0 Å². The van der Waals surface area contributed by atoms with E-state index in [1.54, 1.807) is 24.3 Å². The molecule has 21 heavy (non-hydrogen) atoms. The van der Waals surface area contributed by atoms with E-state index in [1.807, 2.05) is 0 Å². The van der Waals surface area contributed by atoms with Gasteiger partial charge >= 0.3 is 0 Å². The van der Waals surface area contributed by atoms with E-state index in [4.69, 9.17) is 11.6 Å². The quantitative estimate of drug-likeness (QED) is 0.591. The van der Waals surface area contributed by atoms with Crippen LogP contribution in [-0.4, -0.2) is 11.8 Å². The molecule has 1 aromatic carbocycles. The molecule has 4 heteroatoms. The van der Waals surface area contributed by atoms with Crippen LogP contribution in [0.5, 0.6) is 0 Å². The Labute approximate surface area is 127 Å². The van der Waals surface area contributed by atoms with Crippen LogP contribution in [0.25, 0.3) is 0 Å². The average molecular weight is 300 g/mol. The highest BCUT2D eigenvalue weighted by Gasteiger charge is 2.67. The summed E-state index contributed by atoms with van der Waals surface area (Å²) in [5.41, 5.74) is 0.650. The second-order valence-corrected chi connectivity index (χ2v) is 7.08. The molecule has 0 radical (unpaired) electrons. The molecule has 1 aromatic rings. The van der Waals surface area contributed by atoms with Gasteiger partial charge in [0.15, 0.2) is 0 Å². The van der Waals surface area contributed by atoms with E-state index in [0.29, 0.717) is 22.5 Å². The van der Waals surface area contributed by atoms with Crippen LogP contribution in [0.2, 0.25) is 5.02 Å². The number of carbonyl (C=O) groups excluding carboxylic acids is 2. The van der Waals surface area contributed by atoms with Crippen LogP contribution in [-0.2, 0) is 9.59 Å². The predicted molar refractivity (Wildman–Crippen MR) is 78.6 cm³/mol. The van der Waals surface area contributed by atoms with Crippen LogP contribution in [0.4, 0.5) is 5.69 Å². The van der Waals surface area contributed by atoms with Crippen molar-refractivity contribution in [1.82, 2.24) is 0 Å². The van der Waals surface area contributed by atoms with Gasteiger partial charge in [0.2, 0.25) is 11.8 Å². The topological polar surface area (TPSA) is 37.4 Å². The number of carbonyl (C=O) groups is 2. The average Bonchev–Trinajstić information content (AvgIpc) is 3.26. The van der Waals surface area contributed by atoms with Crippen LogP contribution in [0.1, 0.15) is 6.42 Å². The third kappa shape index (κ3) is 1.40. The number of anilines is 1. The first-order chi connectivity index (χ1) is 10.2. The Morgan fingerprint density at radius 3 is 1.95 bits per heavy atom. The third-order valence-electron chi connectivity index (χ3n) is 5.75. The van der Waals surface area contributed by atoms with Gasteiger partial charge in [-0.05, 0) is 54.4 Å². The maximum Gasteiger partial charge on any atom is 0.238 e. The number of hydrogen-bond donors (Lipinski definition) is 0. The van der Waals surface area contributed by atoms with Crippen molar-refractivity contribution in [3.63, 3.8) is 0 Å². The molecule has 0 aromatic heterocycles. The second kappa shape index (κ2) is 3.77. The van der Waals surface area contributed by atoms with Crippen LogP contribution in [0.15, 0.2) is 36.4 Å². The zero-order valence-electron chi connectivity index (χ0n) is 11.3. The lowest BCUT2D eigenvalue weighted by Crippen LogP contribution is -2.40. The van der Waals surface area contributed by atoms with Gasteiger partial charge in [-0.3, -0.25) is 14.5 Å². The van der Waals surface area contributed by atoms with E-state index in [0.717, 1.165) is 0 Å². The van der Waals surface area contributed by atoms with Gasteiger partial charge in [-0.2, -0.15) is 0 Å². The summed E-state index contributed by atoms with van der Waals surface area (Å²) in [5, 5.41) is 0.609. The normalized spacial score (nSPS) is 42.2. The highest BCUT2D eigenvalue weighted by Crippen LogP contribution is 2.65. The van der Waals surface area contributed by atoms with Crippen molar-refractivity contribution in [2.24, 2.45) is 35.5 Å². The molecule has 1 aliphatic heterocycles. The van der Waals surface area contributed by atoms with E-state index in [2.05, 4.69) is 12.2 Å². The number of nitrogens with zero attached hydrogens (tertiary/aromatic N) is 1. The van der Waals surface area contributed by atoms with Gasteiger partial charge in [0.05, 0.1) is 17.5 Å². The Morgan fingerprint density at radius 2 is 1.43 bits per heavy atom. The number of hydrogen-bond acceptors (Lipinski definition) is 2. The molecule has 3 fully saturated rings. The SMILES string of the molecule is O=C1[C@@H]2[C@H]3C=C[C@@H]([C@@H]4C[C@@H]34)[C@@H]2C(=O)N1c1ccc(Cl)cc1. The number of imide groups is 1. The van der Waals surface area contributed by atoms with Crippen molar-refractivity contribution in [1.29, 1.82) is 0 Å². The lowest BCUT2D eigenvalue weighted by atomic mass is 9.63. The maximum absolute atomic E-state index is 12.8. The summed E-state index contributed by atoms with van der Waals surface area (Å²) in [6.45, 7) is 0. The van der Waals surface area contributed by atoms with Crippen LogP contribution in [0.3, 0.4) is 0 Å². The van der Waals surface area contributed by atoms with Crippen LogP contribution in [0, 0.1) is 35.5 Å². The minimum Gasteiger partial charge on any atom is -0.274 e. The smallest absolute Gasteiger partial charge is 0.238 e.